The molecule has 0 spiro atoms. The third-order valence-corrected chi connectivity index (χ3v) is 6.44. The Bertz CT molecular complexity index is 1420. The molecule has 1 saturated heterocycles. The summed E-state index contributed by atoms with van der Waals surface area (Å²) < 4.78 is 11.6. The Balaban J connectivity index is 1.25. The van der Waals surface area contributed by atoms with Crippen LogP contribution in [0, 0.1) is 0 Å². The van der Waals surface area contributed by atoms with Gasteiger partial charge >= 0.3 is 0 Å². The number of nitrogens with zero attached hydrogens (tertiary/aromatic N) is 2. The zero-order valence-electron chi connectivity index (χ0n) is 21.0. The maximum absolute atomic E-state index is 13.4. The van der Waals surface area contributed by atoms with Gasteiger partial charge in [0.2, 0.25) is 5.91 Å². The summed E-state index contributed by atoms with van der Waals surface area (Å²) in [6.07, 6.45) is 2.48. The molecule has 0 radical (unpaired) electrons. The van der Waals surface area contributed by atoms with E-state index in [1.807, 2.05) is 30.3 Å². The van der Waals surface area contributed by atoms with E-state index >= 15 is 0 Å². The number of aliphatic hydroxyl groups is 2. The van der Waals surface area contributed by atoms with Gasteiger partial charge in [-0.25, -0.2) is 9.97 Å². The Morgan fingerprint density at radius 1 is 1.08 bits per heavy atom. The van der Waals surface area contributed by atoms with E-state index in [4.69, 9.17) is 14.6 Å². The number of para-hydroxylation sites is 1. The average Bonchev–Trinajstić information content (AvgIpc) is 3.42. The highest BCUT2D eigenvalue weighted by Crippen LogP contribution is 2.28. The summed E-state index contributed by atoms with van der Waals surface area (Å²) in [6.45, 7) is -0.214. The number of carbonyl (C=O) groups excluding carboxylic acids is 2. The molecule has 5 N–H and O–H groups in total. The summed E-state index contributed by atoms with van der Waals surface area (Å²) >= 11 is 0. The highest BCUT2D eigenvalue weighted by Gasteiger charge is 2.28. The predicted octanol–water partition coefficient (Wildman–Crippen LogP) is 2.41. The highest BCUT2D eigenvalue weighted by molar-refractivity contribution is 6.18. The molecule has 39 heavy (non-hydrogen) atoms. The maximum atomic E-state index is 13.4. The quantitative estimate of drug-likeness (QED) is 0.194. The fourth-order valence-electron chi connectivity index (χ4n) is 4.37. The number of aliphatic hydroxyl groups excluding tert-OH is 2. The van der Waals surface area contributed by atoms with Crippen molar-refractivity contribution in [1.29, 1.82) is 0 Å². The topological polar surface area (TPSA) is 159 Å². The minimum Gasteiger partial charge on any atom is -0.457 e. The number of rotatable bonds is 10. The zero-order valence-corrected chi connectivity index (χ0v) is 21.0. The van der Waals surface area contributed by atoms with Crippen molar-refractivity contribution in [3.63, 3.8) is 0 Å². The number of fused-ring (bicyclic) bond motifs is 1. The van der Waals surface area contributed by atoms with Gasteiger partial charge in [0.15, 0.2) is 5.78 Å². The van der Waals surface area contributed by atoms with Crippen LogP contribution in [-0.2, 0) is 9.53 Å². The van der Waals surface area contributed by atoms with Crippen LogP contribution in [0.15, 0.2) is 67.1 Å². The molecular formula is C28H29N5O6. The van der Waals surface area contributed by atoms with E-state index in [2.05, 4.69) is 25.6 Å². The van der Waals surface area contributed by atoms with Crippen LogP contribution in [-0.4, -0.2) is 74.9 Å². The number of amides is 1. The number of aromatic nitrogens is 3. The molecule has 3 atom stereocenters. The average molecular weight is 532 g/mol. The number of H-pyrrole nitrogens is 1. The number of ether oxygens (including phenoxy) is 2. The van der Waals surface area contributed by atoms with E-state index in [0.29, 0.717) is 52.3 Å². The number of hydrogen-bond acceptors (Lipinski definition) is 9. The smallest absolute Gasteiger partial charge is 0.249 e. The molecular weight excluding hydrogens is 502 g/mol. The first-order chi connectivity index (χ1) is 19.0. The molecule has 3 heterocycles. The molecule has 202 valence electrons. The molecule has 1 unspecified atom stereocenters. The van der Waals surface area contributed by atoms with Crippen LogP contribution in [0.2, 0.25) is 0 Å². The van der Waals surface area contributed by atoms with Crippen LogP contribution in [0.3, 0.4) is 0 Å². The van der Waals surface area contributed by atoms with Crippen LogP contribution < -0.4 is 15.4 Å². The molecule has 0 aliphatic carbocycles. The van der Waals surface area contributed by atoms with Crippen LogP contribution in [0.25, 0.3) is 11.0 Å². The van der Waals surface area contributed by atoms with Crippen molar-refractivity contribution < 1.29 is 29.3 Å². The molecule has 1 aliphatic rings. The largest absolute Gasteiger partial charge is 0.457 e. The van der Waals surface area contributed by atoms with E-state index < -0.39 is 18.8 Å². The monoisotopic (exact) mass is 531 g/mol. The summed E-state index contributed by atoms with van der Waals surface area (Å²) in [5.41, 5.74) is 1.45. The van der Waals surface area contributed by atoms with Gasteiger partial charge in [-0.15, -0.1) is 0 Å². The van der Waals surface area contributed by atoms with Gasteiger partial charge in [-0.05, 0) is 49.2 Å². The minimum atomic E-state index is -1.01. The van der Waals surface area contributed by atoms with Crippen LogP contribution in [0.5, 0.6) is 11.5 Å². The summed E-state index contributed by atoms with van der Waals surface area (Å²) in [6, 6.07) is 16.2. The van der Waals surface area contributed by atoms with E-state index in [0.717, 1.165) is 0 Å². The van der Waals surface area contributed by atoms with E-state index in [1.54, 1.807) is 30.5 Å². The molecule has 2 aromatic carbocycles. The first-order valence-corrected chi connectivity index (χ1v) is 12.7. The van der Waals surface area contributed by atoms with Crippen molar-refractivity contribution in [3.8, 4) is 11.5 Å². The molecule has 1 fully saturated rings. The SMILES string of the molecule is O=C(c1ccc(Oc2ccccc2)cc1)c1c[nH]c2ncnc(N[C@@H]3CC[C@@H](C(=O)NCC(O)CO)OC3)c12. The number of aromatic amines is 1. The Hall–Kier alpha value is -4.32. The van der Waals surface area contributed by atoms with Crippen molar-refractivity contribution in [2.24, 2.45) is 0 Å². The standard InChI is InChI=1S/C28H29N5O6/c34-14-19(35)12-30-28(37)23-11-8-18(15-38-23)33-27-24-22(13-29-26(24)31-16-32-27)25(36)17-6-9-21(10-7-17)39-20-4-2-1-3-5-20/h1-7,9-10,13,16,18-19,23,34-35H,8,11-12,14-15H2,(H,30,37)(H2,29,31,32,33)/t18-,19?,23+/m1/s1. The van der Waals surface area contributed by atoms with Gasteiger partial charge in [0, 0.05) is 18.3 Å². The molecule has 1 aliphatic heterocycles. The first-order valence-electron chi connectivity index (χ1n) is 12.7. The highest BCUT2D eigenvalue weighted by atomic mass is 16.5. The fourth-order valence-corrected chi connectivity index (χ4v) is 4.37. The second kappa shape index (κ2) is 12.0. The fraction of sp³-hybridized carbons (Fsp3) is 0.286. The van der Waals surface area contributed by atoms with Crippen molar-refractivity contribution in [2.45, 2.75) is 31.1 Å². The van der Waals surface area contributed by atoms with Gasteiger partial charge in [-0.2, -0.15) is 0 Å². The van der Waals surface area contributed by atoms with Crippen molar-refractivity contribution >= 4 is 28.5 Å². The Morgan fingerprint density at radius 2 is 1.85 bits per heavy atom. The summed E-state index contributed by atoms with van der Waals surface area (Å²) in [5, 5.41) is 24.8. The van der Waals surface area contributed by atoms with E-state index in [1.165, 1.54) is 6.33 Å². The van der Waals surface area contributed by atoms with Gasteiger partial charge in [-0.3, -0.25) is 9.59 Å². The summed E-state index contributed by atoms with van der Waals surface area (Å²) in [4.78, 5) is 37.4. The van der Waals surface area contributed by atoms with E-state index in [9.17, 15) is 14.7 Å². The van der Waals surface area contributed by atoms with Crippen LogP contribution >= 0.6 is 0 Å². The lowest BCUT2D eigenvalue weighted by molar-refractivity contribution is -0.136. The predicted molar refractivity (Wildman–Crippen MR) is 143 cm³/mol. The second-order valence-electron chi connectivity index (χ2n) is 9.24. The second-order valence-corrected chi connectivity index (χ2v) is 9.24. The normalized spacial score (nSPS) is 17.9. The third kappa shape index (κ3) is 6.23. The number of anilines is 1. The molecule has 2 aromatic heterocycles. The number of hydrogen-bond donors (Lipinski definition) is 5. The van der Waals surface area contributed by atoms with Crippen molar-refractivity contribution in [3.05, 3.63) is 78.2 Å². The third-order valence-electron chi connectivity index (χ3n) is 6.44. The lowest BCUT2D eigenvalue weighted by Crippen LogP contribution is -2.45. The van der Waals surface area contributed by atoms with Crippen molar-refractivity contribution in [2.75, 3.05) is 25.1 Å². The number of ketones is 1. The molecule has 0 saturated carbocycles. The van der Waals surface area contributed by atoms with Gasteiger partial charge in [0.05, 0.1) is 36.3 Å². The first kappa shape index (κ1) is 26.3. The Morgan fingerprint density at radius 3 is 2.56 bits per heavy atom. The van der Waals surface area contributed by atoms with Gasteiger partial charge in [-0.1, -0.05) is 18.2 Å². The number of nitrogens with one attached hydrogen (secondary N) is 3. The van der Waals surface area contributed by atoms with Gasteiger partial charge < -0.3 is 35.3 Å². The van der Waals surface area contributed by atoms with E-state index in [-0.39, 0.29) is 30.9 Å². The molecule has 5 rings (SSSR count). The van der Waals surface area contributed by atoms with Gasteiger partial charge in [0.25, 0.3) is 0 Å². The Labute approximate surface area is 224 Å². The summed E-state index contributed by atoms with van der Waals surface area (Å²) in [7, 11) is 0. The molecule has 1 amide bonds. The molecule has 0 bridgehead atoms. The number of carbonyl (C=O) groups is 2. The van der Waals surface area contributed by atoms with Crippen molar-refractivity contribution in [1.82, 2.24) is 20.3 Å². The van der Waals surface area contributed by atoms with Crippen LogP contribution in [0.1, 0.15) is 28.8 Å². The molecule has 4 aromatic rings. The maximum Gasteiger partial charge on any atom is 0.249 e. The van der Waals surface area contributed by atoms with Crippen LogP contribution in [0.4, 0.5) is 5.82 Å². The Kier molecular flexibility index (Phi) is 8.11. The van der Waals surface area contributed by atoms with Gasteiger partial charge in [0.1, 0.15) is 35.4 Å². The lowest BCUT2D eigenvalue weighted by Gasteiger charge is -2.29. The molecule has 11 nitrogen and oxygen atoms in total. The summed E-state index contributed by atoms with van der Waals surface area (Å²) in [5.74, 6) is 1.31. The number of benzene rings is 2. The lowest BCUT2D eigenvalue weighted by atomic mass is 10.0. The minimum absolute atomic E-state index is 0.0388. The zero-order chi connectivity index (χ0) is 27.2. The molecule has 11 heteroatoms.